The number of benzene rings is 2. The molecule has 2 aromatic carbocycles. The monoisotopic (exact) mass is 479 g/mol. The van der Waals surface area contributed by atoms with E-state index in [1.165, 1.54) is 48.4 Å². The van der Waals surface area contributed by atoms with Gasteiger partial charge in [-0.15, -0.1) is 0 Å². The fourth-order valence-corrected chi connectivity index (χ4v) is 4.37. The number of halogens is 1. The van der Waals surface area contributed by atoms with Gasteiger partial charge in [0, 0.05) is 13.1 Å². The van der Waals surface area contributed by atoms with Gasteiger partial charge in [-0.2, -0.15) is 4.72 Å². The van der Waals surface area contributed by atoms with E-state index in [1.54, 1.807) is 32.9 Å². The Morgan fingerprint density at radius 1 is 1.06 bits per heavy atom. The first-order valence-electron chi connectivity index (χ1n) is 10.5. The molecule has 33 heavy (non-hydrogen) atoms. The average molecular weight is 480 g/mol. The molecule has 0 fully saturated rings. The number of methoxy groups -OCH3 is 1. The molecule has 180 valence electrons. The second kappa shape index (κ2) is 11.8. The lowest BCUT2D eigenvalue weighted by Crippen LogP contribution is -2.53. The molecule has 0 aliphatic carbocycles. The van der Waals surface area contributed by atoms with Gasteiger partial charge < -0.3 is 15.0 Å². The van der Waals surface area contributed by atoms with Gasteiger partial charge in [-0.3, -0.25) is 9.59 Å². The molecule has 0 saturated heterocycles. The van der Waals surface area contributed by atoms with Gasteiger partial charge in [0.25, 0.3) is 0 Å². The van der Waals surface area contributed by atoms with Gasteiger partial charge in [-0.25, -0.2) is 12.8 Å². The van der Waals surface area contributed by atoms with Crippen molar-refractivity contribution < 1.29 is 27.1 Å². The zero-order valence-corrected chi connectivity index (χ0v) is 20.0. The number of rotatable bonds is 11. The number of hydrogen-bond acceptors (Lipinski definition) is 5. The van der Waals surface area contributed by atoms with Crippen LogP contribution in [0, 0.1) is 11.7 Å². The van der Waals surface area contributed by atoms with Gasteiger partial charge in [0.2, 0.25) is 21.8 Å². The molecule has 8 nitrogen and oxygen atoms in total. The minimum atomic E-state index is -3.98. The maximum atomic E-state index is 13.1. The lowest BCUT2D eigenvalue weighted by atomic mass is 10.0. The standard InChI is InChI=1S/C23H30FN3O5S/c1-5-27(15-21(28)25-14-17-6-8-18(24)9-7-17)23(29)22(16(2)3)26-33(30,31)20-12-10-19(32-4)11-13-20/h6-13,16,22,26H,5,14-15H2,1-4H3,(H,25,28)/t22-/m0/s1. The Kier molecular flexibility index (Phi) is 9.36. The van der Waals surface area contributed by atoms with Crippen LogP contribution >= 0.6 is 0 Å². The van der Waals surface area contributed by atoms with Crippen molar-refractivity contribution in [3.63, 3.8) is 0 Å². The Labute approximate surface area is 194 Å². The van der Waals surface area contributed by atoms with E-state index < -0.39 is 27.9 Å². The first kappa shape index (κ1) is 26.3. The van der Waals surface area contributed by atoms with Crippen LogP contribution in [0.2, 0.25) is 0 Å². The number of nitrogens with one attached hydrogen (secondary N) is 2. The molecule has 1 atom stereocenters. The van der Waals surface area contributed by atoms with E-state index in [4.69, 9.17) is 4.74 Å². The molecule has 2 rings (SSSR count). The van der Waals surface area contributed by atoms with Crippen LogP contribution in [0.1, 0.15) is 26.3 Å². The normalized spacial score (nSPS) is 12.3. The minimum absolute atomic E-state index is 0.00170. The number of sulfonamides is 1. The molecule has 0 saturated carbocycles. The number of hydrogen-bond donors (Lipinski definition) is 2. The van der Waals surface area contributed by atoms with E-state index in [0.717, 1.165) is 0 Å². The van der Waals surface area contributed by atoms with Gasteiger partial charge in [0.15, 0.2) is 0 Å². The van der Waals surface area contributed by atoms with Crippen molar-refractivity contribution in [3.8, 4) is 5.75 Å². The fourth-order valence-electron chi connectivity index (χ4n) is 3.04. The van der Waals surface area contributed by atoms with E-state index in [9.17, 15) is 22.4 Å². The molecule has 2 amide bonds. The quantitative estimate of drug-likeness (QED) is 0.515. The predicted octanol–water partition coefficient (Wildman–Crippen LogP) is 2.30. The van der Waals surface area contributed by atoms with Crippen molar-refractivity contribution in [1.82, 2.24) is 14.9 Å². The molecule has 0 radical (unpaired) electrons. The molecule has 2 N–H and O–H groups in total. The molecule has 0 aliphatic heterocycles. The number of nitrogens with zero attached hydrogens (tertiary/aromatic N) is 1. The second-order valence-electron chi connectivity index (χ2n) is 7.77. The van der Waals surface area contributed by atoms with Crippen LogP contribution in [-0.4, -0.2) is 51.4 Å². The van der Waals surface area contributed by atoms with Gasteiger partial charge in [-0.05, 0) is 54.8 Å². The Balaban J connectivity index is 2.06. The Bertz CT molecular complexity index is 1040. The highest BCUT2D eigenvalue weighted by atomic mass is 32.2. The number of ether oxygens (including phenoxy) is 1. The summed E-state index contributed by atoms with van der Waals surface area (Å²) in [4.78, 5) is 26.8. The molecular formula is C23H30FN3O5S. The fraction of sp³-hybridized carbons (Fsp3) is 0.391. The summed E-state index contributed by atoms with van der Waals surface area (Å²) in [6.45, 7) is 5.33. The summed E-state index contributed by atoms with van der Waals surface area (Å²) < 4.78 is 46.2. The smallest absolute Gasteiger partial charge is 0.241 e. The highest BCUT2D eigenvalue weighted by Gasteiger charge is 2.32. The van der Waals surface area contributed by atoms with Crippen molar-refractivity contribution >= 4 is 21.8 Å². The lowest BCUT2D eigenvalue weighted by molar-refractivity contribution is -0.138. The van der Waals surface area contributed by atoms with Crippen LogP contribution < -0.4 is 14.8 Å². The number of amides is 2. The summed E-state index contributed by atoms with van der Waals surface area (Å²) in [5.74, 6) is -1.13. The van der Waals surface area contributed by atoms with Gasteiger partial charge in [-0.1, -0.05) is 26.0 Å². The van der Waals surface area contributed by atoms with Crippen LogP contribution in [-0.2, 0) is 26.2 Å². The topological polar surface area (TPSA) is 105 Å². The Morgan fingerprint density at radius 2 is 1.67 bits per heavy atom. The molecule has 0 heterocycles. The average Bonchev–Trinajstić information content (AvgIpc) is 2.80. The van der Waals surface area contributed by atoms with Crippen LogP contribution in [0.25, 0.3) is 0 Å². The maximum Gasteiger partial charge on any atom is 0.241 e. The van der Waals surface area contributed by atoms with Crippen molar-refractivity contribution in [1.29, 1.82) is 0 Å². The van der Waals surface area contributed by atoms with E-state index >= 15 is 0 Å². The molecule has 0 spiro atoms. The first-order chi connectivity index (χ1) is 15.6. The zero-order chi connectivity index (χ0) is 24.6. The van der Waals surface area contributed by atoms with E-state index in [1.807, 2.05) is 0 Å². The van der Waals surface area contributed by atoms with Crippen molar-refractivity contribution in [3.05, 3.63) is 59.9 Å². The third-order valence-corrected chi connectivity index (χ3v) is 6.47. The largest absolute Gasteiger partial charge is 0.497 e. The Morgan fingerprint density at radius 3 is 2.18 bits per heavy atom. The summed E-state index contributed by atoms with van der Waals surface area (Å²) in [6.07, 6.45) is 0. The Hall–Kier alpha value is -2.98. The SMILES string of the molecule is CCN(CC(=O)NCc1ccc(F)cc1)C(=O)[C@@H](NS(=O)(=O)c1ccc(OC)cc1)C(C)C. The number of carbonyl (C=O) groups excluding carboxylic acids is 2. The highest BCUT2D eigenvalue weighted by molar-refractivity contribution is 7.89. The molecule has 0 aromatic heterocycles. The summed E-state index contributed by atoms with van der Waals surface area (Å²) in [5.41, 5.74) is 0.714. The van der Waals surface area contributed by atoms with Gasteiger partial charge in [0.1, 0.15) is 17.6 Å². The lowest BCUT2D eigenvalue weighted by Gasteiger charge is -2.28. The third-order valence-electron chi connectivity index (χ3n) is 5.02. The molecular weight excluding hydrogens is 449 g/mol. The summed E-state index contributed by atoms with van der Waals surface area (Å²) in [7, 11) is -2.50. The van der Waals surface area contributed by atoms with Crippen LogP contribution in [0.4, 0.5) is 4.39 Å². The van der Waals surface area contributed by atoms with Gasteiger partial charge >= 0.3 is 0 Å². The van der Waals surface area contributed by atoms with Crippen LogP contribution in [0.15, 0.2) is 53.4 Å². The van der Waals surface area contributed by atoms with Gasteiger partial charge in [0.05, 0.1) is 18.6 Å². The second-order valence-corrected chi connectivity index (χ2v) is 9.49. The summed E-state index contributed by atoms with van der Waals surface area (Å²) in [5, 5.41) is 2.69. The number of carbonyl (C=O) groups is 2. The van der Waals surface area contributed by atoms with Crippen LogP contribution in [0.5, 0.6) is 5.75 Å². The predicted molar refractivity (Wildman–Crippen MR) is 122 cm³/mol. The molecule has 2 aromatic rings. The summed E-state index contributed by atoms with van der Waals surface area (Å²) >= 11 is 0. The first-order valence-corrected chi connectivity index (χ1v) is 12.0. The van der Waals surface area contributed by atoms with E-state index in [0.29, 0.717) is 11.3 Å². The van der Waals surface area contributed by atoms with Crippen LogP contribution in [0.3, 0.4) is 0 Å². The summed E-state index contributed by atoms with van der Waals surface area (Å²) in [6, 6.07) is 10.5. The minimum Gasteiger partial charge on any atom is -0.497 e. The highest BCUT2D eigenvalue weighted by Crippen LogP contribution is 2.17. The van der Waals surface area contributed by atoms with E-state index in [-0.39, 0.29) is 36.3 Å². The van der Waals surface area contributed by atoms with Crippen molar-refractivity contribution in [2.24, 2.45) is 5.92 Å². The van der Waals surface area contributed by atoms with Crippen molar-refractivity contribution in [2.75, 3.05) is 20.2 Å². The molecule has 10 heteroatoms. The number of likely N-dealkylation sites (N-methyl/N-ethyl adjacent to an activating group) is 1. The maximum absolute atomic E-state index is 13.1. The third kappa shape index (κ3) is 7.54. The van der Waals surface area contributed by atoms with E-state index in [2.05, 4.69) is 10.0 Å². The molecule has 0 bridgehead atoms. The molecule has 0 unspecified atom stereocenters. The molecule has 0 aliphatic rings. The van der Waals surface area contributed by atoms with Crippen molar-refractivity contribution in [2.45, 2.75) is 38.3 Å². The zero-order valence-electron chi connectivity index (χ0n) is 19.2.